The third-order valence-electron chi connectivity index (χ3n) is 2.42. The molecule has 96 valence electrons. The number of hydrogen-bond acceptors (Lipinski definition) is 4. The van der Waals surface area contributed by atoms with Crippen LogP contribution >= 0.6 is 0 Å². The van der Waals surface area contributed by atoms with E-state index in [9.17, 15) is 15.0 Å². The third kappa shape index (κ3) is 4.47. The summed E-state index contributed by atoms with van der Waals surface area (Å²) in [6, 6.07) is -0.832. The number of nitrogens with one attached hydrogen (secondary N) is 1. The molecule has 0 heterocycles. The summed E-state index contributed by atoms with van der Waals surface area (Å²) in [4.78, 5) is 11.6. The molecule has 5 nitrogen and oxygen atoms in total. The predicted octanol–water partition coefficient (Wildman–Crippen LogP) is -0.359. The van der Waals surface area contributed by atoms with Gasteiger partial charge in [0.25, 0.3) is 0 Å². The molecule has 0 unspecified atom stereocenters. The van der Waals surface area contributed by atoms with Crippen LogP contribution in [0.25, 0.3) is 0 Å². The largest absolute Gasteiger partial charge is 0.394 e. The summed E-state index contributed by atoms with van der Waals surface area (Å²) in [6.07, 6.45) is -1.73. The molecule has 5 heteroatoms. The fraction of sp³-hybridized carbons (Fsp3) is 0.909. The smallest absolute Gasteiger partial charge is 0.225 e. The Balaban J connectivity index is 4.47. The molecule has 0 aromatic heterocycles. The van der Waals surface area contributed by atoms with Crippen LogP contribution < -0.4 is 5.32 Å². The van der Waals surface area contributed by atoms with Crippen molar-refractivity contribution >= 4 is 5.91 Å². The maximum Gasteiger partial charge on any atom is 0.225 e. The second-order valence-electron chi connectivity index (χ2n) is 4.98. The molecular weight excluding hydrogens is 210 g/mol. The van der Waals surface area contributed by atoms with Gasteiger partial charge in [0.05, 0.1) is 18.8 Å². The topological polar surface area (TPSA) is 89.8 Å². The Hall–Kier alpha value is -0.650. The minimum Gasteiger partial charge on any atom is -0.394 e. The van der Waals surface area contributed by atoms with Crippen LogP contribution in [0.5, 0.6) is 0 Å². The zero-order chi connectivity index (χ0) is 12.9. The Kier molecular flexibility index (Phi) is 5.92. The van der Waals surface area contributed by atoms with E-state index in [1.807, 2.05) is 0 Å². The lowest BCUT2D eigenvalue weighted by Crippen LogP contribution is -2.53. The van der Waals surface area contributed by atoms with Gasteiger partial charge in [-0.25, -0.2) is 0 Å². The molecule has 0 aliphatic carbocycles. The molecule has 1 amide bonds. The quantitative estimate of drug-likeness (QED) is 0.522. The first-order chi connectivity index (χ1) is 7.23. The summed E-state index contributed by atoms with van der Waals surface area (Å²) in [5.41, 5.74) is -0.593. The van der Waals surface area contributed by atoms with E-state index >= 15 is 0 Å². The summed E-state index contributed by atoms with van der Waals surface area (Å²) in [5, 5.41) is 30.7. The van der Waals surface area contributed by atoms with Gasteiger partial charge in [0.15, 0.2) is 0 Å². The molecule has 0 aliphatic rings. The Morgan fingerprint density at radius 3 is 2.12 bits per heavy atom. The second kappa shape index (κ2) is 6.18. The molecule has 0 fully saturated rings. The third-order valence-corrected chi connectivity index (χ3v) is 2.42. The summed E-state index contributed by atoms with van der Waals surface area (Å²) in [7, 11) is 0. The van der Waals surface area contributed by atoms with E-state index in [1.165, 1.54) is 0 Å². The van der Waals surface area contributed by atoms with E-state index < -0.39 is 30.3 Å². The minimum absolute atomic E-state index is 0.270. The molecular formula is C11H23NO4. The van der Waals surface area contributed by atoms with Gasteiger partial charge in [-0.05, 0) is 6.42 Å². The van der Waals surface area contributed by atoms with Gasteiger partial charge in [-0.3, -0.25) is 4.79 Å². The molecule has 3 atom stereocenters. The lowest BCUT2D eigenvalue weighted by atomic mass is 9.94. The lowest BCUT2D eigenvalue weighted by molar-refractivity contribution is -0.131. The van der Waals surface area contributed by atoms with Crippen LogP contribution in [0.15, 0.2) is 0 Å². The van der Waals surface area contributed by atoms with Crippen LogP contribution in [0.3, 0.4) is 0 Å². The Morgan fingerprint density at radius 1 is 1.31 bits per heavy atom. The normalized spacial score (nSPS) is 17.7. The van der Waals surface area contributed by atoms with Crippen molar-refractivity contribution in [3.63, 3.8) is 0 Å². The van der Waals surface area contributed by atoms with E-state index in [-0.39, 0.29) is 5.91 Å². The van der Waals surface area contributed by atoms with Crippen LogP contribution in [0.1, 0.15) is 34.1 Å². The number of carbonyl (C=O) groups excluding carboxylic acids is 1. The van der Waals surface area contributed by atoms with Crippen LogP contribution in [0, 0.1) is 5.41 Å². The van der Waals surface area contributed by atoms with E-state index in [0.29, 0.717) is 6.42 Å². The average Bonchev–Trinajstić information content (AvgIpc) is 2.21. The summed E-state index contributed by atoms with van der Waals surface area (Å²) in [5.74, 6) is -0.270. The van der Waals surface area contributed by atoms with Gasteiger partial charge < -0.3 is 20.6 Å². The van der Waals surface area contributed by atoms with Crippen molar-refractivity contribution < 1.29 is 20.1 Å². The van der Waals surface area contributed by atoms with Crippen molar-refractivity contribution in [3.05, 3.63) is 0 Å². The van der Waals surface area contributed by atoms with Crippen LogP contribution in [-0.4, -0.2) is 46.1 Å². The van der Waals surface area contributed by atoms with Gasteiger partial charge in [0, 0.05) is 5.41 Å². The zero-order valence-electron chi connectivity index (χ0n) is 10.4. The van der Waals surface area contributed by atoms with Gasteiger partial charge >= 0.3 is 0 Å². The van der Waals surface area contributed by atoms with E-state index in [1.54, 1.807) is 27.7 Å². The fourth-order valence-electron chi connectivity index (χ4n) is 1.13. The molecule has 0 saturated carbocycles. The lowest BCUT2D eigenvalue weighted by Gasteiger charge is -2.28. The monoisotopic (exact) mass is 233 g/mol. The number of rotatable bonds is 5. The molecule has 0 radical (unpaired) electrons. The first kappa shape index (κ1) is 15.3. The number of aliphatic hydroxyl groups excluding tert-OH is 3. The highest BCUT2D eigenvalue weighted by Gasteiger charge is 2.30. The van der Waals surface area contributed by atoms with Gasteiger partial charge in [-0.2, -0.15) is 0 Å². The van der Waals surface area contributed by atoms with Crippen LogP contribution in [0.2, 0.25) is 0 Å². The first-order valence-electron chi connectivity index (χ1n) is 5.52. The van der Waals surface area contributed by atoms with Gasteiger partial charge in [0.2, 0.25) is 5.91 Å². The molecule has 0 aromatic rings. The van der Waals surface area contributed by atoms with Crippen molar-refractivity contribution in [3.8, 4) is 0 Å². The van der Waals surface area contributed by atoms with Gasteiger partial charge in [0.1, 0.15) is 6.10 Å². The maximum absolute atomic E-state index is 11.6. The van der Waals surface area contributed by atoms with Crippen molar-refractivity contribution in [2.45, 2.75) is 52.4 Å². The Bertz CT molecular complexity index is 225. The average molecular weight is 233 g/mol. The summed E-state index contributed by atoms with van der Waals surface area (Å²) in [6.45, 7) is 6.52. The highest BCUT2D eigenvalue weighted by Crippen LogP contribution is 2.14. The SMILES string of the molecule is CC[C@@H](O)[C@@H](O)[C@H](CO)NC(=O)C(C)(C)C. The standard InChI is InChI=1S/C11H23NO4/c1-5-8(14)9(15)7(6-13)12-10(16)11(2,3)4/h7-9,13-15H,5-6H2,1-4H3,(H,12,16)/t7-,8+,9-/m0/s1. The summed E-state index contributed by atoms with van der Waals surface area (Å²) >= 11 is 0. The van der Waals surface area contributed by atoms with Crippen molar-refractivity contribution in [2.24, 2.45) is 5.41 Å². The molecule has 0 aliphatic heterocycles. The molecule has 0 rings (SSSR count). The van der Waals surface area contributed by atoms with E-state index in [0.717, 1.165) is 0 Å². The molecule has 0 aromatic carbocycles. The number of amides is 1. The molecule has 0 bridgehead atoms. The van der Waals surface area contributed by atoms with Crippen LogP contribution in [-0.2, 0) is 4.79 Å². The number of carbonyl (C=O) groups is 1. The van der Waals surface area contributed by atoms with Crippen molar-refractivity contribution in [1.82, 2.24) is 5.32 Å². The predicted molar refractivity (Wildman–Crippen MR) is 60.8 cm³/mol. The number of aliphatic hydroxyl groups is 3. The maximum atomic E-state index is 11.6. The summed E-state index contributed by atoms with van der Waals surface area (Å²) < 4.78 is 0. The van der Waals surface area contributed by atoms with Crippen molar-refractivity contribution in [1.29, 1.82) is 0 Å². The molecule has 16 heavy (non-hydrogen) atoms. The molecule has 0 saturated heterocycles. The van der Waals surface area contributed by atoms with Crippen LogP contribution in [0.4, 0.5) is 0 Å². The highest BCUT2D eigenvalue weighted by atomic mass is 16.3. The fourth-order valence-corrected chi connectivity index (χ4v) is 1.13. The van der Waals surface area contributed by atoms with E-state index in [4.69, 9.17) is 5.11 Å². The van der Waals surface area contributed by atoms with Gasteiger partial charge in [-0.1, -0.05) is 27.7 Å². The first-order valence-corrected chi connectivity index (χ1v) is 5.52. The molecule has 0 spiro atoms. The Morgan fingerprint density at radius 2 is 1.81 bits per heavy atom. The van der Waals surface area contributed by atoms with Gasteiger partial charge in [-0.15, -0.1) is 0 Å². The number of hydrogen-bond donors (Lipinski definition) is 4. The molecule has 4 N–H and O–H groups in total. The second-order valence-corrected chi connectivity index (χ2v) is 4.98. The Labute approximate surface area is 96.5 Å². The van der Waals surface area contributed by atoms with E-state index in [2.05, 4.69) is 5.32 Å². The minimum atomic E-state index is -1.15. The zero-order valence-corrected chi connectivity index (χ0v) is 10.4. The van der Waals surface area contributed by atoms with Crippen molar-refractivity contribution in [2.75, 3.05) is 6.61 Å². The highest BCUT2D eigenvalue weighted by molar-refractivity contribution is 5.81.